The van der Waals surface area contributed by atoms with Gasteiger partial charge < -0.3 is 19.5 Å². The molecule has 2 aromatic carbocycles. The molecule has 0 radical (unpaired) electrons. The summed E-state index contributed by atoms with van der Waals surface area (Å²) in [6.45, 7) is 2.53. The zero-order valence-corrected chi connectivity index (χ0v) is 14.0. The van der Waals surface area contributed by atoms with Crippen LogP contribution in [0.3, 0.4) is 0 Å². The number of carbonyl (C=O) groups is 1. The minimum atomic E-state index is -0.221. The van der Waals surface area contributed by atoms with Crippen LogP contribution >= 0.6 is 0 Å². The van der Waals surface area contributed by atoms with Gasteiger partial charge in [0.1, 0.15) is 17.2 Å². The highest BCUT2D eigenvalue weighted by molar-refractivity contribution is 6.02. The smallest absolute Gasteiger partial charge is 0.248 e. The molecule has 126 valence electrons. The highest BCUT2D eigenvalue weighted by atomic mass is 16.5. The van der Waals surface area contributed by atoms with Gasteiger partial charge in [0.05, 0.1) is 20.8 Å². The van der Waals surface area contributed by atoms with E-state index < -0.39 is 0 Å². The molecule has 5 heteroatoms. The van der Waals surface area contributed by atoms with Crippen LogP contribution < -0.4 is 19.5 Å². The van der Waals surface area contributed by atoms with Gasteiger partial charge in [-0.15, -0.1) is 0 Å². The summed E-state index contributed by atoms with van der Waals surface area (Å²) >= 11 is 0. The van der Waals surface area contributed by atoms with Crippen LogP contribution in [0.15, 0.2) is 48.5 Å². The Morgan fingerprint density at radius 2 is 1.62 bits per heavy atom. The molecular formula is C19H21NO4. The van der Waals surface area contributed by atoms with Crippen molar-refractivity contribution in [2.45, 2.75) is 6.92 Å². The number of nitrogens with one attached hydrogen (secondary N) is 1. The number of ether oxygens (including phenoxy) is 3. The van der Waals surface area contributed by atoms with Gasteiger partial charge in [-0.25, -0.2) is 0 Å². The third kappa shape index (κ3) is 5.05. The molecule has 0 saturated heterocycles. The highest BCUT2D eigenvalue weighted by Crippen LogP contribution is 2.23. The minimum Gasteiger partial charge on any atom is -0.497 e. The summed E-state index contributed by atoms with van der Waals surface area (Å²) in [5.74, 6) is 1.89. The maximum absolute atomic E-state index is 12.0. The van der Waals surface area contributed by atoms with Crippen molar-refractivity contribution in [2.24, 2.45) is 0 Å². The number of methoxy groups -OCH3 is 2. The molecule has 2 aromatic rings. The first-order chi connectivity index (χ1) is 11.6. The summed E-state index contributed by atoms with van der Waals surface area (Å²) in [4.78, 5) is 12.0. The average molecular weight is 327 g/mol. The van der Waals surface area contributed by atoms with Crippen molar-refractivity contribution in [3.8, 4) is 17.2 Å². The van der Waals surface area contributed by atoms with E-state index in [1.807, 2.05) is 31.2 Å². The third-order valence-corrected chi connectivity index (χ3v) is 3.23. The predicted molar refractivity (Wildman–Crippen MR) is 94.8 cm³/mol. The summed E-state index contributed by atoms with van der Waals surface area (Å²) in [6, 6.07) is 12.6. The fourth-order valence-corrected chi connectivity index (χ4v) is 2.08. The molecule has 1 N–H and O–H groups in total. The maximum atomic E-state index is 12.0. The number of amides is 1. The van der Waals surface area contributed by atoms with Crippen molar-refractivity contribution >= 4 is 17.7 Å². The van der Waals surface area contributed by atoms with Crippen LogP contribution in [0.1, 0.15) is 12.5 Å². The molecule has 0 aliphatic rings. The van der Waals surface area contributed by atoms with Gasteiger partial charge in [-0.3, -0.25) is 4.79 Å². The average Bonchev–Trinajstić information content (AvgIpc) is 2.61. The van der Waals surface area contributed by atoms with E-state index in [1.54, 1.807) is 38.5 Å². The molecule has 0 saturated carbocycles. The Morgan fingerprint density at radius 3 is 2.17 bits per heavy atom. The highest BCUT2D eigenvalue weighted by Gasteiger charge is 2.02. The summed E-state index contributed by atoms with van der Waals surface area (Å²) < 4.78 is 15.8. The van der Waals surface area contributed by atoms with E-state index in [9.17, 15) is 4.79 Å². The van der Waals surface area contributed by atoms with Gasteiger partial charge >= 0.3 is 0 Å². The standard InChI is InChI=1S/C19H21NO4/c1-4-24-16-8-6-15(7-9-16)20-19(21)10-5-14-11-17(22-2)13-18(12-14)23-3/h5-13H,4H2,1-3H3,(H,20,21)/b10-5+. The SMILES string of the molecule is CCOc1ccc(NC(=O)/C=C/c2cc(OC)cc(OC)c2)cc1. The van der Waals surface area contributed by atoms with Crippen molar-refractivity contribution in [2.75, 3.05) is 26.1 Å². The second-order valence-electron chi connectivity index (χ2n) is 4.93. The molecular weight excluding hydrogens is 306 g/mol. The number of hydrogen-bond donors (Lipinski definition) is 1. The molecule has 0 heterocycles. The van der Waals surface area contributed by atoms with Crippen LogP contribution in [-0.2, 0) is 4.79 Å². The zero-order chi connectivity index (χ0) is 17.4. The van der Waals surface area contributed by atoms with E-state index in [-0.39, 0.29) is 5.91 Å². The lowest BCUT2D eigenvalue weighted by atomic mass is 10.2. The van der Waals surface area contributed by atoms with Crippen LogP contribution in [-0.4, -0.2) is 26.7 Å². The Labute approximate surface area is 141 Å². The quantitative estimate of drug-likeness (QED) is 0.787. The van der Waals surface area contributed by atoms with Gasteiger partial charge in [-0.2, -0.15) is 0 Å². The number of anilines is 1. The van der Waals surface area contributed by atoms with Crippen LogP contribution in [0, 0.1) is 0 Å². The molecule has 2 rings (SSSR count). The van der Waals surface area contributed by atoms with E-state index in [2.05, 4.69) is 5.32 Å². The lowest BCUT2D eigenvalue weighted by molar-refractivity contribution is -0.111. The van der Waals surface area contributed by atoms with Crippen LogP contribution in [0.4, 0.5) is 5.69 Å². The van der Waals surface area contributed by atoms with E-state index in [0.717, 1.165) is 11.3 Å². The monoisotopic (exact) mass is 327 g/mol. The molecule has 0 aliphatic heterocycles. The van der Waals surface area contributed by atoms with Gasteiger partial charge in [0.2, 0.25) is 5.91 Å². The lowest BCUT2D eigenvalue weighted by Crippen LogP contribution is -2.07. The summed E-state index contributed by atoms with van der Waals surface area (Å²) in [5.41, 5.74) is 1.52. The maximum Gasteiger partial charge on any atom is 0.248 e. The molecule has 0 atom stereocenters. The number of carbonyl (C=O) groups excluding carboxylic acids is 1. The van der Waals surface area contributed by atoms with E-state index in [1.165, 1.54) is 6.08 Å². The summed E-state index contributed by atoms with van der Waals surface area (Å²) in [6.07, 6.45) is 3.17. The minimum absolute atomic E-state index is 0.221. The molecule has 0 bridgehead atoms. The topological polar surface area (TPSA) is 56.8 Å². The Balaban J connectivity index is 2.02. The molecule has 0 aromatic heterocycles. The van der Waals surface area contributed by atoms with Crippen molar-refractivity contribution in [3.05, 3.63) is 54.1 Å². The Hall–Kier alpha value is -2.95. The largest absolute Gasteiger partial charge is 0.497 e. The van der Waals surface area contributed by atoms with Gasteiger partial charge in [-0.1, -0.05) is 0 Å². The normalized spacial score (nSPS) is 10.5. The summed E-state index contributed by atoms with van der Waals surface area (Å²) in [5, 5.41) is 2.79. The van der Waals surface area contributed by atoms with Crippen molar-refractivity contribution in [3.63, 3.8) is 0 Å². The van der Waals surface area contributed by atoms with Crippen LogP contribution in [0.25, 0.3) is 6.08 Å². The first kappa shape index (κ1) is 17.4. The van der Waals surface area contributed by atoms with Crippen LogP contribution in [0.5, 0.6) is 17.2 Å². The fraction of sp³-hybridized carbons (Fsp3) is 0.211. The number of hydrogen-bond acceptors (Lipinski definition) is 4. The molecule has 0 fully saturated rings. The van der Waals surface area contributed by atoms with Gasteiger partial charge in [0.25, 0.3) is 0 Å². The second-order valence-corrected chi connectivity index (χ2v) is 4.93. The predicted octanol–water partition coefficient (Wildman–Crippen LogP) is 3.75. The molecule has 0 unspecified atom stereocenters. The Bertz CT molecular complexity index is 686. The van der Waals surface area contributed by atoms with Gasteiger partial charge in [0.15, 0.2) is 0 Å². The molecule has 24 heavy (non-hydrogen) atoms. The van der Waals surface area contributed by atoms with E-state index in [4.69, 9.17) is 14.2 Å². The molecule has 5 nitrogen and oxygen atoms in total. The van der Waals surface area contributed by atoms with Crippen molar-refractivity contribution in [1.29, 1.82) is 0 Å². The number of rotatable bonds is 7. The fourth-order valence-electron chi connectivity index (χ4n) is 2.08. The Kier molecular flexibility index (Phi) is 6.25. The van der Waals surface area contributed by atoms with Crippen molar-refractivity contribution < 1.29 is 19.0 Å². The van der Waals surface area contributed by atoms with Gasteiger partial charge in [-0.05, 0) is 55.0 Å². The van der Waals surface area contributed by atoms with E-state index in [0.29, 0.717) is 23.8 Å². The lowest BCUT2D eigenvalue weighted by Gasteiger charge is -2.06. The summed E-state index contributed by atoms with van der Waals surface area (Å²) in [7, 11) is 3.17. The zero-order valence-electron chi connectivity index (χ0n) is 14.0. The van der Waals surface area contributed by atoms with Crippen LogP contribution in [0.2, 0.25) is 0 Å². The van der Waals surface area contributed by atoms with Gasteiger partial charge in [0, 0.05) is 17.8 Å². The first-order valence-corrected chi connectivity index (χ1v) is 7.59. The first-order valence-electron chi connectivity index (χ1n) is 7.59. The molecule has 1 amide bonds. The van der Waals surface area contributed by atoms with Crippen molar-refractivity contribution in [1.82, 2.24) is 0 Å². The number of benzene rings is 2. The molecule has 0 spiro atoms. The second kappa shape index (κ2) is 8.62. The molecule has 0 aliphatic carbocycles. The third-order valence-electron chi connectivity index (χ3n) is 3.23. The Morgan fingerprint density at radius 1 is 1.00 bits per heavy atom. The van der Waals surface area contributed by atoms with E-state index >= 15 is 0 Å².